The Labute approximate surface area is 84.4 Å². The second kappa shape index (κ2) is 5.35. The number of nitrogens with zero attached hydrogens (tertiary/aromatic N) is 1. The highest BCUT2D eigenvalue weighted by Gasteiger charge is 2.11. The zero-order valence-corrected chi connectivity index (χ0v) is 9.40. The van der Waals surface area contributed by atoms with Gasteiger partial charge in [-0.25, -0.2) is 4.98 Å². The lowest BCUT2D eigenvalue weighted by Gasteiger charge is -2.19. The minimum atomic E-state index is 0.393. The van der Waals surface area contributed by atoms with Gasteiger partial charge < -0.3 is 5.32 Å². The van der Waals surface area contributed by atoms with E-state index < -0.39 is 0 Å². The molecule has 0 aliphatic heterocycles. The topological polar surface area (TPSA) is 24.9 Å². The molecule has 0 saturated carbocycles. The number of aromatic nitrogens is 1. The van der Waals surface area contributed by atoms with Crippen LogP contribution in [0.4, 0.5) is 0 Å². The Balaban J connectivity index is 2.45. The minimum absolute atomic E-state index is 0.393. The van der Waals surface area contributed by atoms with Gasteiger partial charge in [0.25, 0.3) is 0 Å². The van der Waals surface area contributed by atoms with Gasteiger partial charge in [0.05, 0.1) is 6.04 Å². The highest BCUT2D eigenvalue weighted by molar-refractivity contribution is 7.09. The highest BCUT2D eigenvalue weighted by atomic mass is 32.1. The van der Waals surface area contributed by atoms with Gasteiger partial charge in [0.15, 0.2) is 0 Å². The monoisotopic (exact) mass is 198 g/mol. The molecule has 3 heteroatoms. The minimum Gasteiger partial charge on any atom is -0.305 e. The first-order valence-electron chi connectivity index (χ1n) is 4.93. The summed E-state index contributed by atoms with van der Waals surface area (Å²) in [7, 11) is 0. The third-order valence-corrected chi connectivity index (χ3v) is 3.25. The van der Waals surface area contributed by atoms with Gasteiger partial charge in [0.2, 0.25) is 0 Å². The standard InChI is InChI=1S/C10H18N2S/c1-4-9(5-2)12-8(3)10-11-6-7-13-10/h6-9,12H,4-5H2,1-3H3/t8-/m1/s1. The molecule has 0 fully saturated rings. The molecule has 1 rings (SSSR count). The summed E-state index contributed by atoms with van der Waals surface area (Å²) in [5.74, 6) is 0. The lowest BCUT2D eigenvalue weighted by Crippen LogP contribution is -2.30. The van der Waals surface area contributed by atoms with Crippen molar-refractivity contribution >= 4 is 11.3 Å². The van der Waals surface area contributed by atoms with Gasteiger partial charge in [-0.15, -0.1) is 11.3 Å². The molecule has 0 aliphatic rings. The van der Waals surface area contributed by atoms with Crippen LogP contribution in [0.25, 0.3) is 0 Å². The highest BCUT2D eigenvalue weighted by Crippen LogP contribution is 2.16. The molecule has 1 aromatic rings. The Bertz CT molecular complexity index is 217. The summed E-state index contributed by atoms with van der Waals surface area (Å²) in [6.45, 7) is 6.61. The molecule has 1 aromatic heterocycles. The molecule has 2 nitrogen and oxygen atoms in total. The van der Waals surface area contributed by atoms with E-state index in [1.807, 2.05) is 11.6 Å². The molecule has 1 atom stereocenters. The first-order chi connectivity index (χ1) is 6.27. The van der Waals surface area contributed by atoms with Crippen molar-refractivity contribution in [2.75, 3.05) is 0 Å². The SMILES string of the molecule is CCC(CC)N[C@H](C)c1nccs1. The Morgan fingerprint density at radius 2 is 2.15 bits per heavy atom. The molecule has 1 N–H and O–H groups in total. The van der Waals surface area contributed by atoms with Gasteiger partial charge >= 0.3 is 0 Å². The maximum absolute atomic E-state index is 4.29. The summed E-state index contributed by atoms with van der Waals surface area (Å²) in [6, 6.07) is 1.02. The lowest BCUT2D eigenvalue weighted by molar-refractivity contribution is 0.431. The molecule has 0 bridgehead atoms. The van der Waals surface area contributed by atoms with E-state index >= 15 is 0 Å². The van der Waals surface area contributed by atoms with Crippen LogP contribution in [0.1, 0.15) is 44.7 Å². The summed E-state index contributed by atoms with van der Waals surface area (Å²) in [4.78, 5) is 4.29. The van der Waals surface area contributed by atoms with Crippen LogP contribution in [0.2, 0.25) is 0 Å². The summed E-state index contributed by atoms with van der Waals surface area (Å²) in [5, 5.41) is 6.78. The first-order valence-corrected chi connectivity index (χ1v) is 5.81. The fraction of sp³-hybridized carbons (Fsp3) is 0.700. The third kappa shape index (κ3) is 3.08. The van der Waals surface area contributed by atoms with E-state index in [9.17, 15) is 0 Å². The van der Waals surface area contributed by atoms with E-state index in [0.29, 0.717) is 12.1 Å². The van der Waals surface area contributed by atoms with Crippen LogP contribution >= 0.6 is 11.3 Å². The van der Waals surface area contributed by atoms with E-state index in [0.717, 1.165) is 0 Å². The average molecular weight is 198 g/mol. The zero-order valence-electron chi connectivity index (χ0n) is 8.58. The maximum Gasteiger partial charge on any atom is 0.109 e. The van der Waals surface area contributed by atoms with Gasteiger partial charge in [-0.1, -0.05) is 13.8 Å². The molecule has 0 aromatic carbocycles. The Morgan fingerprint density at radius 1 is 1.46 bits per heavy atom. The van der Waals surface area contributed by atoms with Crippen molar-refractivity contribution in [1.29, 1.82) is 0 Å². The zero-order chi connectivity index (χ0) is 9.68. The number of hydrogen-bond acceptors (Lipinski definition) is 3. The smallest absolute Gasteiger partial charge is 0.109 e. The van der Waals surface area contributed by atoms with Gasteiger partial charge in [-0.05, 0) is 19.8 Å². The van der Waals surface area contributed by atoms with E-state index in [1.165, 1.54) is 17.8 Å². The van der Waals surface area contributed by atoms with Gasteiger partial charge in [-0.3, -0.25) is 0 Å². The van der Waals surface area contributed by atoms with Crippen molar-refractivity contribution in [1.82, 2.24) is 10.3 Å². The van der Waals surface area contributed by atoms with Crippen molar-refractivity contribution < 1.29 is 0 Å². The molecule has 0 spiro atoms. The maximum atomic E-state index is 4.29. The van der Waals surface area contributed by atoms with Gasteiger partial charge in [-0.2, -0.15) is 0 Å². The molecular formula is C10H18N2S. The predicted molar refractivity (Wildman–Crippen MR) is 58.0 cm³/mol. The van der Waals surface area contributed by atoms with E-state index in [4.69, 9.17) is 0 Å². The van der Waals surface area contributed by atoms with Crippen molar-refractivity contribution in [3.63, 3.8) is 0 Å². The van der Waals surface area contributed by atoms with Crippen LogP contribution in [-0.2, 0) is 0 Å². The molecule has 0 amide bonds. The van der Waals surface area contributed by atoms with Crippen LogP contribution in [0.5, 0.6) is 0 Å². The van der Waals surface area contributed by atoms with Crippen LogP contribution in [-0.4, -0.2) is 11.0 Å². The summed E-state index contributed by atoms with van der Waals surface area (Å²) in [6.07, 6.45) is 4.24. The van der Waals surface area contributed by atoms with Crippen LogP contribution in [0, 0.1) is 0 Å². The van der Waals surface area contributed by atoms with Gasteiger partial charge in [0, 0.05) is 17.6 Å². The van der Waals surface area contributed by atoms with Crippen LogP contribution in [0.3, 0.4) is 0 Å². The second-order valence-corrected chi connectivity index (χ2v) is 4.20. The number of nitrogens with one attached hydrogen (secondary N) is 1. The molecule has 0 radical (unpaired) electrons. The fourth-order valence-electron chi connectivity index (χ4n) is 1.40. The molecule has 0 saturated heterocycles. The number of rotatable bonds is 5. The number of thiazole rings is 1. The summed E-state index contributed by atoms with van der Waals surface area (Å²) >= 11 is 1.72. The molecule has 74 valence electrons. The van der Waals surface area contributed by atoms with Crippen molar-refractivity contribution in [2.24, 2.45) is 0 Å². The fourth-order valence-corrected chi connectivity index (χ4v) is 2.05. The molecule has 13 heavy (non-hydrogen) atoms. The molecule has 0 aliphatic carbocycles. The second-order valence-electron chi connectivity index (χ2n) is 3.27. The molecule has 1 heterocycles. The summed E-state index contributed by atoms with van der Waals surface area (Å²) in [5.41, 5.74) is 0. The van der Waals surface area contributed by atoms with Crippen LogP contribution in [0.15, 0.2) is 11.6 Å². The number of hydrogen-bond donors (Lipinski definition) is 1. The average Bonchev–Trinajstić information content (AvgIpc) is 2.66. The molecule has 0 unspecified atom stereocenters. The van der Waals surface area contributed by atoms with E-state index in [1.54, 1.807) is 11.3 Å². The van der Waals surface area contributed by atoms with Crippen LogP contribution < -0.4 is 5.32 Å². The Kier molecular flexibility index (Phi) is 4.39. The normalized spacial score (nSPS) is 13.5. The lowest BCUT2D eigenvalue weighted by atomic mass is 10.1. The molecular weight excluding hydrogens is 180 g/mol. The largest absolute Gasteiger partial charge is 0.305 e. The third-order valence-electron chi connectivity index (χ3n) is 2.29. The predicted octanol–water partition coefficient (Wildman–Crippen LogP) is 2.98. The van der Waals surface area contributed by atoms with E-state index in [2.05, 4.69) is 31.1 Å². The summed E-state index contributed by atoms with van der Waals surface area (Å²) < 4.78 is 0. The Hall–Kier alpha value is -0.410. The first kappa shape index (κ1) is 10.7. The quantitative estimate of drug-likeness (QED) is 0.786. The van der Waals surface area contributed by atoms with Crippen molar-refractivity contribution in [3.05, 3.63) is 16.6 Å². The van der Waals surface area contributed by atoms with Gasteiger partial charge in [0.1, 0.15) is 5.01 Å². The van der Waals surface area contributed by atoms with Crippen molar-refractivity contribution in [3.8, 4) is 0 Å². The Morgan fingerprint density at radius 3 is 2.62 bits per heavy atom. The van der Waals surface area contributed by atoms with Crippen molar-refractivity contribution in [2.45, 2.75) is 45.7 Å². The van der Waals surface area contributed by atoms with E-state index in [-0.39, 0.29) is 0 Å².